The quantitative estimate of drug-likeness (QED) is 0.0613. The van der Waals surface area contributed by atoms with E-state index in [1.807, 2.05) is 110 Å². The Kier molecular flexibility index (Phi) is 34.9. The second-order valence-corrected chi connectivity index (χ2v) is 57.1. The summed E-state index contributed by atoms with van der Waals surface area (Å²) in [7, 11) is -4.15. The Labute approximate surface area is 928 Å². The molecule has 6 heterocycles. The van der Waals surface area contributed by atoms with E-state index in [4.69, 9.17) is 15.0 Å². The standard InChI is InChI=1S/2C35H32NSi.C32H26NSi.3C12H10N.3Ir/c1-23(2)27-10-6-7-11-28(27)24-14-17-32-33(20-24)30-13-9-8-12-29(30)31-18-15-25(21-34(31)32)35-19-16-26(22-36-35)37(3,4)5;1-23(2)27-10-6-7-11-28(27)24-14-17-31-29-12-8-9-13-30(29)32-18-15-25(21-34(32)33(31)20-24)35-19-16-26(22-36-35)37(3,4)5;1-34(2,3)25-15-18-32(33-21-25)24-14-17-28-26-11-7-8-12-27(26)30-19-23(22-9-5-4-6-10-22)13-16-29(30)31(28)20-24;3*1-10-7-8-13-12(9-10)11-5-3-2-4-6-11;;;/h2*6-14,16-23H,1-5H3;4-13,15-21H,1-3H3;3*2-5,7-9H,1H3;;;/q6*-1;;;. The molecule has 6 nitrogen and oxygen atoms in total. The van der Waals surface area contributed by atoms with Gasteiger partial charge in [-0.05, 0) is 212 Å². The first-order valence-electron chi connectivity index (χ1n) is 50.9. The van der Waals surface area contributed by atoms with E-state index in [2.05, 4.69) is 475 Å². The van der Waals surface area contributed by atoms with Gasteiger partial charge in [0.15, 0.2) is 0 Å². The molecule has 0 fully saturated rings. The van der Waals surface area contributed by atoms with Crippen LogP contribution >= 0.6 is 0 Å². The molecule has 0 aliphatic carbocycles. The first-order chi connectivity index (χ1) is 71.2. The van der Waals surface area contributed by atoms with Crippen LogP contribution in [0.25, 0.3) is 198 Å². The predicted molar refractivity (Wildman–Crippen MR) is 636 cm³/mol. The van der Waals surface area contributed by atoms with Crippen molar-refractivity contribution >= 4 is 137 Å². The summed E-state index contributed by atoms with van der Waals surface area (Å²) in [6.45, 7) is 36.5. The van der Waals surface area contributed by atoms with E-state index in [9.17, 15) is 0 Å². The number of fused-ring (bicyclic) bond motifs is 18. The van der Waals surface area contributed by atoms with Crippen molar-refractivity contribution in [3.63, 3.8) is 0 Å². The molecule has 0 atom stereocenters. The van der Waals surface area contributed by atoms with Gasteiger partial charge in [0.05, 0.1) is 24.2 Å². The van der Waals surface area contributed by atoms with Crippen molar-refractivity contribution in [2.45, 2.75) is 119 Å². The Balaban J connectivity index is 0.000000135. The van der Waals surface area contributed by atoms with Gasteiger partial charge in [0.1, 0.15) is 0 Å². The fraction of sp³-hybridized carbons (Fsp3) is 0.130. The largest absolute Gasteiger partial charge is 0.305 e. The molecule has 0 saturated carbocycles. The van der Waals surface area contributed by atoms with Gasteiger partial charge in [-0.1, -0.05) is 394 Å². The minimum Gasteiger partial charge on any atom is -0.305 e. The average molecular weight is 2520 g/mol. The Morgan fingerprint density at radius 3 is 0.773 bits per heavy atom. The summed E-state index contributed by atoms with van der Waals surface area (Å²) in [6.07, 6.45) is 11.7. The maximum atomic E-state index is 4.86. The van der Waals surface area contributed by atoms with Gasteiger partial charge in [-0.25, -0.2) is 0 Å². The first-order valence-corrected chi connectivity index (χ1v) is 61.4. The van der Waals surface area contributed by atoms with Crippen LogP contribution < -0.4 is 15.6 Å². The summed E-state index contributed by atoms with van der Waals surface area (Å²) >= 11 is 0. The van der Waals surface area contributed by atoms with Gasteiger partial charge in [0.25, 0.3) is 0 Å². The summed E-state index contributed by atoms with van der Waals surface area (Å²) in [6, 6.07) is 158. The number of hydrogen-bond donors (Lipinski definition) is 0. The smallest absolute Gasteiger partial charge is 0.0795 e. The predicted octanol–water partition coefficient (Wildman–Crippen LogP) is 35.5. The normalized spacial score (nSPS) is 11.3. The topological polar surface area (TPSA) is 77.3 Å². The van der Waals surface area contributed by atoms with Gasteiger partial charge in [-0.15, -0.1) is 179 Å². The molecule has 0 bridgehead atoms. The number of pyridine rings is 6. The van der Waals surface area contributed by atoms with E-state index in [1.54, 1.807) is 0 Å². The average Bonchev–Trinajstić information content (AvgIpc) is 0.743. The van der Waals surface area contributed by atoms with Crippen LogP contribution in [0, 0.1) is 57.2 Å². The van der Waals surface area contributed by atoms with Crippen LogP contribution in [0.15, 0.2) is 425 Å². The van der Waals surface area contributed by atoms with E-state index < -0.39 is 24.2 Å². The molecule has 150 heavy (non-hydrogen) atoms. The van der Waals surface area contributed by atoms with E-state index in [1.165, 1.54) is 174 Å². The molecule has 0 amide bonds. The Morgan fingerprint density at radius 1 is 0.200 bits per heavy atom. The van der Waals surface area contributed by atoms with Crippen molar-refractivity contribution in [2.75, 3.05) is 0 Å². The van der Waals surface area contributed by atoms with Gasteiger partial charge >= 0.3 is 0 Å². The second kappa shape index (κ2) is 48.2. The molecule has 6 aromatic heterocycles. The van der Waals surface area contributed by atoms with Crippen molar-refractivity contribution in [3.05, 3.63) is 490 Å². The van der Waals surface area contributed by atoms with E-state index >= 15 is 0 Å². The Hall–Kier alpha value is -14.2. The minimum atomic E-state index is -1.39. The van der Waals surface area contributed by atoms with Crippen LogP contribution in [-0.2, 0) is 60.3 Å². The molecule has 0 aliphatic heterocycles. The van der Waals surface area contributed by atoms with E-state index in [0.29, 0.717) is 11.8 Å². The van der Waals surface area contributed by atoms with Gasteiger partial charge in [0, 0.05) is 97.5 Å². The minimum absolute atomic E-state index is 0. The van der Waals surface area contributed by atoms with E-state index in [-0.39, 0.29) is 60.3 Å². The van der Waals surface area contributed by atoms with Crippen molar-refractivity contribution in [1.82, 2.24) is 29.9 Å². The SMILES string of the molecule is CC(C)c1ccccc1-c1ccc2c3cc(-c4ccc([Si](C)(C)C)cn4)[c-]cc3c3ccccc3c2c1.CC(C)c1ccccc1-c1ccc2c3ccccc3c3c[c-]c(-c4ccc([Si](C)(C)C)cn4)cc3c2c1.C[Si](C)(C)c1ccc(-c2[c-]cc3c4ccccc4c4cc(-c5ccccc5)ccc4c3c2)nc1.Cc1ccnc(-c2[c-]cccc2)c1.Cc1ccnc(-c2[c-]cccc2)c1.Cc1ccnc(-c2[c-]cccc2)c1.[Ir].[Ir].[Ir]. The molecular weight excluding hydrogens is 2400 g/mol. The van der Waals surface area contributed by atoms with Crippen molar-refractivity contribution in [1.29, 1.82) is 0 Å². The number of hydrogen-bond acceptors (Lipinski definition) is 6. The second-order valence-electron chi connectivity index (χ2n) is 41.8. The number of aromatic nitrogens is 6. The third-order valence-corrected chi connectivity index (χ3v) is 33.7. The Morgan fingerprint density at radius 2 is 0.467 bits per heavy atom. The van der Waals surface area contributed by atoms with Gasteiger partial charge in [-0.2, -0.15) is 0 Å². The summed E-state index contributed by atoms with van der Waals surface area (Å²) in [5, 5.41) is 26.9. The van der Waals surface area contributed by atoms with Gasteiger partial charge in [-0.3, -0.25) is 0 Å². The molecule has 0 aliphatic rings. The summed E-state index contributed by atoms with van der Waals surface area (Å²) in [4.78, 5) is 27.4. The number of aryl methyl sites for hydroxylation is 3. The van der Waals surface area contributed by atoms with Crippen LogP contribution in [0.5, 0.6) is 0 Å². The molecule has 0 N–H and O–H groups in total. The van der Waals surface area contributed by atoms with Crippen molar-refractivity contribution in [3.8, 4) is 101 Å². The van der Waals surface area contributed by atoms with Crippen molar-refractivity contribution < 1.29 is 60.3 Å². The summed E-state index contributed by atoms with van der Waals surface area (Å²) in [5.41, 5.74) is 26.2. The molecular formula is C138H120Ir3N6Si3-6. The molecule has 24 aromatic rings. The summed E-state index contributed by atoms with van der Waals surface area (Å²) < 4.78 is 0. The monoisotopic (exact) mass is 2520 g/mol. The summed E-state index contributed by atoms with van der Waals surface area (Å²) in [5.74, 6) is 0.935. The molecule has 0 saturated heterocycles. The number of benzene rings is 18. The molecule has 24 rings (SSSR count). The van der Waals surface area contributed by atoms with Crippen molar-refractivity contribution in [2.24, 2.45) is 0 Å². The number of rotatable bonds is 14. The molecule has 0 spiro atoms. The van der Waals surface area contributed by atoms with Gasteiger partial charge < -0.3 is 29.9 Å². The zero-order valence-corrected chi connectivity index (χ0v) is 97.9. The first kappa shape index (κ1) is 109. The fourth-order valence-electron chi connectivity index (χ4n) is 19.5. The maximum absolute atomic E-state index is 4.86. The molecule has 12 heteroatoms. The van der Waals surface area contributed by atoms with Gasteiger partial charge in [0.2, 0.25) is 0 Å². The molecule has 3 radical (unpaired) electrons. The fourth-order valence-corrected chi connectivity index (χ4v) is 22.6. The van der Waals surface area contributed by atoms with E-state index in [0.717, 1.165) is 67.5 Å². The maximum Gasteiger partial charge on any atom is 0.0795 e. The molecule has 0 unspecified atom stereocenters. The van der Waals surface area contributed by atoms with Crippen LogP contribution in [0.4, 0.5) is 0 Å². The number of nitrogens with zero attached hydrogens (tertiary/aromatic N) is 6. The van der Waals surface area contributed by atoms with Crippen LogP contribution in [-0.4, -0.2) is 54.1 Å². The zero-order chi connectivity index (χ0) is 102. The van der Waals surface area contributed by atoms with Crippen LogP contribution in [0.1, 0.15) is 67.3 Å². The molecule has 747 valence electrons. The third kappa shape index (κ3) is 24.7. The van der Waals surface area contributed by atoms with Crippen LogP contribution in [0.3, 0.4) is 0 Å². The Bertz CT molecular complexity index is 8670. The molecule has 18 aromatic carbocycles. The third-order valence-electron chi connectivity index (χ3n) is 27.6. The zero-order valence-electron chi connectivity index (χ0n) is 87.8. The van der Waals surface area contributed by atoms with Crippen LogP contribution in [0.2, 0.25) is 58.9 Å².